The first-order valence-electron chi connectivity index (χ1n) is 3.87. The van der Waals surface area contributed by atoms with Crippen LogP contribution >= 0.6 is 27.7 Å². The van der Waals surface area contributed by atoms with E-state index in [2.05, 4.69) is 15.9 Å². The molecule has 0 spiro atoms. The molecule has 0 unspecified atom stereocenters. The van der Waals surface area contributed by atoms with Gasteiger partial charge in [0.15, 0.2) is 5.78 Å². The smallest absolute Gasteiger partial charge is 0.293 e. The maximum Gasteiger partial charge on any atom is 0.446 e. The minimum Gasteiger partial charge on any atom is -0.293 e. The number of carbonyl (C=O) groups excluding carboxylic acids is 1. The van der Waals surface area contributed by atoms with Crippen molar-refractivity contribution in [1.29, 1.82) is 0 Å². The summed E-state index contributed by atoms with van der Waals surface area (Å²) in [5.74, 6) is -0.154. The van der Waals surface area contributed by atoms with Gasteiger partial charge in [-0.05, 0) is 23.9 Å². The van der Waals surface area contributed by atoms with Gasteiger partial charge in [-0.2, -0.15) is 13.2 Å². The molecule has 0 saturated heterocycles. The van der Waals surface area contributed by atoms with Gasteiger partial charge in [-0.15, -0.1) is 0 Å². The molecule has 0 bridgehead atoms. The van der Waals surface area contributed by atoms with Crippen molar-refractivity contribution in [3.63, 3.8) is 0 Å². The number of hydrogen-bond donors (Lipinski definition) is 0. The summed E-state index contributed by atoms with van der Waals surface area (Å²) >= 11 is 2.79. The molecule has 6 heteroatoms. The van der Waals surface area contributed by atoms with Gasteiger partial charge < -0.3 is 0 Å². The first kappa shape index (κ1) is 12.6. The van der Waals surface area contributed by atoms with Gasteiger partial charge in [-0.25, -0.2) is 0 Å². The van der Waals surface area contributed by atoms with Crippen molar-refractivity contribution < 1.29 is 18.0 Å². The van der Waals surface area contributed by atoms with E-state index in [0.717, 1.165) is 0 Å². The van der Waals surface area contributed by atoms with E-state index in [1.807, 2.05) is 0 Å². The molecule has 0 fully saturated rings. The highest BCUT2D eigenvalue weighted by Crippen LogP contribution is 2.36. The Morgan fingerprint density at radius 1 is 1.27 bits per heavy atom. The molecule has 82 valence electrons. The number of thioether (sulfide) groups is 1. The zero-order valence-electron chi connectivity index (χ0n) is 7.34. The van der Waals surface area contributed by atoms with Gasteiger partial charge in [0.1, 0.15) is 0 Å². The van der Waals surface area contributed by atoms with E-state index in [4.69, 9.17) is 0 Å². The summed E-state index contributed by atoms with van der Waals surface area (Å²) < 4.78 is 35.9. The summed E-state index contributed by atoms with van der Waals surface area (Å²) in [5.41, 5.74) is -3.89. The Labute approximate surface area is 97.2 Å². The van der Waals surface area contributed by atoms with Crippen molar-refractivity contribution in [1.82, 2.24) is 0 Å². The maximum absolute atomic E-state index is 12.0. The van der Waals surface area contributed by atoms with E-state index in [1.54, 1.807) is 0 Å². The Morgan fingerprint density at radius 3 is 2.20 bits per heavy atom. The fourth-order valence-corrected chi connectivity index (χ4v) is 1.78. The third-order valence-corrected chi connectivity index (χ3v) is 2.78. The van der Waals surface area contributed by atoms with Crippen LogP contribution in [-0.4, -0.2) is 16.6 Å². The molecule has 0 aliphatic rings. The fraction of sp³-hybridized carbons (Fsp3) is 0.222. The SMILES string of the molecule is O=C(CBr)c1ccc(SC(F)(F)F)cc1. The predicted octanol–water partition coefficient (Wildman–Crippen LogP) is 3.88. The lowest BCUT2D eigenvalue weighted by molar-refractivity contribution is -0.0328. The van der Waals surface area contributed by atoms with Crippen molar-refractivity contribution >= 4 is 33.5 Å². The molecular weight excluding hydrogens is 293 g/mol. The van der Waals surface area contributed by atoms with Crippen LogP contribution < -0.4 is 0 Å². The lowest BCUT2D eigenvalue weighted by Gasteiger charge is -2.05. The highest BCUT2D eigenvalue weighted by molar-refractivity contribution is 9.09. The number of hydrogen-bond acceptors (Lipinski definition) is 2. The molecule has 1 nitrogen and oxygen atoms in total. The lowest BCUT2D eigenvalue weighted by Crippen LogP contribution is -2.01. The maximum atomic E-state index is 12.0. The molecule has 0 radical (unpaired) electrons. The van der Waals surface area contributed by atoms with Crippen molar-refractivity contribution in [3.05, 3.63) is 29.8 Å². The molecule has 0 amide bonds. The monoisotopic (exact) mass is 298 g/mol. The summed E-state index contributed by atoms with van der Waals surface area (Å²) in [6.07, 6.45) is 0. The van der Waals surface area contributed by atoms with Crippen LogP contribution in [0, 0.1) is 0 Å². The average Bonchev–Trinajstić information content (AvgIpc) is 2.15. The van der Waals surface area contributed by atoms with Crippen LogP contribution in [0.3, 0.4) is 0 Å². The van der Waals surface area contributed by atoms with Gasteiger partial charge in [-0.3, -0.25) is 4.79 Å². The second-order valence-corrected chi connectivity index (χ2v) is 4.33. The Kier molecular flexibility index (Phi) is 4.21. The largest absolute Gasteiger partial charge is 0.446 e. The zero-order valence-corrected chi connectivity index (χ0v) is 9.75. The average molecular weight is 299 g/mol. The first-order chi connectivity index (χ1) is 6.92. The summed E-state index contributed by atoms with van der Waals surface area (Å²) in [7, 11) is 0. The Morgan fingerprint density at radius 2 is 1.80 bits per heavy atom. The van der Waals surface area contributed by atoms with E-state index < -0.39 is 5.51 Å². The normalized spacial score (nSPS) is 11.5. The van der Waals surface area contributed by atoms with Crippen LogP contribution in [0.2, 0.25) is 0 Å². The second kappa shape index (κ2) is 5.03. The highest BCUT2D eigenvalue weighted by Gasteiger charge is 2.29. The molecule has 0 heterocycles. The number of carbonyl (C=O) groups is 1. The molecule has 0 aromatic heterocycles. The van der Waals surface area contributed by atoms with Crippen LogP contribution in [-0.2, 0) is 0 Å². The molecule has 0 aliphatic carbocycles. The molecular formula is C9H6BrF3OS. The highest BCUT2D eigenvalue weighted by atomic mass is 79.9. The molecule has 0 atom stereocenters. The fourth-order valence-electron chi connectivity index (χ4n) is 0.920. The number of Topliss-reactive ketones (excluding diaryl/α,β-unsaturated/α-hetero) is 1. The van der Waals surface area contributed by atoms with Crippen LogP contribution in [0.5, 0.6) is 0 Å². The van der Waals surface area contributed by atoms with E-state index in [9.17, 15) is 18.0 Å². The number of alkyl halides is 4. The molecule has 1 aromatic rings. The number of ketones is 1. The topological polar surface area (TPSA) is 17.1 Å². The minimum atomic E-state index is -4.29. The van der Waals surface area contributed by atoms with Crippen molar-refractivity contribution in [2.45, 2.75) is 10.4 Å². The summed E-state index contributed by atoms with van der Waals surface area (Å²) in [4.78, 5) is 11.2. The summed E-state index contributed by atoms with van der Waals surface area (Å²) in [5, 5.41) is 0.165. The molecule has 1 aromatic carbocycles. The van der Waals surface area contributed by atoms with Crippen LogP contribution in [0.25, 0.3) is 0 Å². The minimum absolute atomic E-state index is 0.0774. The first-order valence-corrected chi connectivity index (χ1v) is 5.81. The summed E-state index contributed by atoms with van der Waals surface area (Å²) in [6, 6.07) is 5.34. The van der Waals surface area contributed by atoms with Crippen LogP contribution in [0.4, 0.5) is 13.2 Å². The quantitative estimate of drug-likeness (QED) is 0.479. The Hall–Kier alpha value is -0.490. The molecule has 15 heavy (non-hydrogen) atoms. The van der Waals surface area contributed by atoms with E-state index in [1.165, 1.54) is 24.3 Å². The van der Waals surface area contributed by atoms with Gasteiger partial charge >= 0.3 is 5.51 Å². The molecule has 0 N–H and O–H groups in total. The Balaban J connectivity index is 2.77. The van der Waals surface area contributed by atoms with Gasteiger partial charge in [0.05, 0.1) is 5.33 Å². The van der Waals surface area contributed by atoms with Crippen molar-refractivity contribution in [2.75, 3.05) is 5.33 Å². The van der Waals surface area contributed by atoms with E-state index in [0.29, 0.717) is 5.56 Å². The number of halogens is 4. The third kappa shape index (κ3) is 4.25. The molecule has 0 aliphatic heterocycles. The van der Waals surface area contributed by atoms with Gasteiger partial charge in [0.2, 0.25) is 0 Å². The zero-order chi connectivity index (χ0) is 11.5. The van der Waals surface area contributed by atoms with Gasteiger partial charge in [-0.1, -0.05) is 28.1 Å². The second-order valence-electron chi connectivity index (χ2n) is 2.63. The van der Waals surface area contributed by atoms with Gasteiger partial charge in [0, 0.05) is 10.5 Å². The molecule has 1 rings (SSSR count). The third-order valence-electron chi connectivity index (χ3n) is 1.53. The van der Waals surface area contributed by atoms with E-state index >= 15 is 0 Å². The Bertz CT molecular complexity index is 347. The summed E-state index contributed by atoms with van der Waals surface area (Å²) in [6.45, 7) is 0. The standard InChI is InChI=1S/C9H6BrF3OS/c10-5-8(14)6-1-3-7(4-2-6)15-9(11,12)13/h1-4H,5H2. The lowest BCUT2D eigenvalue weighted by atomic mass is 10.2. The van der Waals surface area contributed by atoms with Crippen LogP contribution in [0.15, 0.2) is 29.2 Å². The number of benzene rings is 1. The van der Waals surface area contributed by atoms with Gasteiger partial charge in [0.25, 0.3) is 0 Å². The van der Waals surface area contributed by atoms with Crippen molar-refractivity contribution in [3.8, 4) is 0 Å². The van der Waals surface area contributed by atoms with Crippen molar-refractivity contribution in [2.24, 2.45) is 0 Å². The predicted molar refractivity (Wildman–Crippen MR) is 56.5 cm³/mol. The molecule has 0 saturated carbocycles. The van der Waals surface area contributed by atoms with E-state index in [-0.39, 0.29) is 27.8 Å². The number of rotatable bonds is 3. The van der Waals surface area contributed by atoms with Crippen LogP contribution in [0.1, 0.15) is 10.4 Å².